The minimum absolute atomic E-state index is 0.0474. The van der Waals surface area contributed by atoms with E-state index in [1.54, 1.807) is 0 Å². The third kappa shape index (κ3) is 4.25. The Kier molecular flexibility index (Phi) is 5.49. The molecule has 138 valence electrons. The molecule has 25 heavy (non-hydrogen) atoms. The Hall–Kier alpha value is -1.79. The zero-order chi connectivity index (χ0) is 17.9. The first-order chi connectivity index (χ1) is 12.0. The van der Waals surface area contributed by atoms with E-state index in [4.69, 9.17) is 14.2 Å². The van der Waals surface area contributed by atoms with Crippen molar-refractivity contribution in [2.45, 2.75) is 39.4 Å². The van der Waals surface area contributed by atoms with Gasteiger partial charge in [0.2, 0.25) is 0 Å². The van der Waals surface area contributed by atoms with E-state index in [2.05, 4.69) is 24.4 Å². The summed E-state index contributed by atoms with van der Waals surface area (Å²) in [4.78, 5) is 14.1. The number of benzene rings is 1. The maximum Gasteiger partial charge on any atom is 0.317 e. The van der Waals surface area contributed by atoms with Crippen LogP contribution in [0.2, 0.25) is 0 Å². The smallest absolute Gasteiger partial charge is 0.317 e. The van der Waals surface area contributed by atoms with Gasteiger partial charge in [-0.3, -0.25) is 0 Å². The number of urea groups is 1. The number of piperidine rings is 1. The SMILES string of the molecule is Cc1cc(C)c(OCCNC(=O)N2CCC3(CC2)OCCO3)c(C)c1. The molecule has 2 aliphatic rings. The van der Waals surface area contributed by atoms with Crippen molar-refractivity contribution in [2.75, 3.05) is 39.5 Å². The van der Waals surface area contributed by atoms with Crippen LogP contribution < -0.4 is 10.1 Å². The highest BCUT2D eigenvalue weighted by molar-refractivity contribution is 5.74. The fourth-order valence-electron chi connectivity index (χ4n) is 3.65. The molecule has 6 nitrogen and oxygen atoms in total. The van der Waals surface area contributed by atoms with Gasteiger partial charge < -0.3 is 24.4 Å². The van der Waals surface area contributed by atoms with Crippen LogP contribution in [0.15, 0.2) is 12.1 Å². The van der Waals surface area contributed by atoms with E-state index in [9.17, 15) is 4.79 Å². The molecule has 0 aromatic heterocycles. The van der Waals surface area contributed by atoms with Gasteiger partial charge in [-0.15, -0.1) is 0 Å². The highest BCUT2D eigenvalue weighted by Crippen LogP contribution is 2.31. The van der Waals surface area contributed by atoms with Gasteiger partial charge in [0.15, 0.2) is 5.79 Å². The molecular formula is C19H28N2O4. The minimum Gasteiger partial charge on any atom is -0.491 e. The van der Waals surface area contributed by atoms with E-state index in [-0.39, 0.29) is 6.03 Å². The van der Waals surface area contributed by atoms with Crippen LogP contribution in [0, 0.1) is 20.8 Å². The molecule has 1 N–H and O–H groups in total. The summed E-state index contributed by atoms with van der Waals surface area (Å²) in [5.41, 5.74) is 3.48. The first kappa shape index (κ1) is 18.0. The third-order valence-corrected chi connectivity index (χ3v) is 4.86. The number of likely N-dealkylation sites (tertiary alicyclic amines) is 1. The van der Waals surface area contributed by atoms with Crippen LogP contribution in [-0.4, -0.2) is 56.2 Å². The molecule has 0 radical (unpaired) electrons. The lowest BCUT2D eigenvalue weighted by Gasteiger charge is -2.37. The number of nitrogens with zero attached hydrogens (tertiary/aromatic N) is 1. The van der Waals surface area contributed by atoms with Crippen molar-refractivity contribution < 1.29 is 19.0 Å². The van der Waals surface area contributed by atoms with Crippen LogP contribution in [0.1, 0.15) is 29.5 Å². The summed E-state index contributed by atoms with van der Waals surface area (Å²) in [5, 5.41) is 2.93. The molecule has 1 aromatic carbocycles. The lowest BCUT2D eigenvalue weighted by atomic mass is 10.0. The van der Waals surface area contributed by atoms with Crippen LogP contribution in [0.5, 0.6) is 5.75 Å². The second-order valence-corrected chi connectivity index (χ2v) is 6.90. The second kappa shape index (κ2) is 7.62. The van der Waals surface area contributed by atoms with Crippen molar-refractivity contribution in [2.24, 2.45) is 0 Å². The molecule has 0 bridgehead atoms. The van der Waals surface area contributed by atoms with Crippen LogP contribution in [-0.2, 0) is 9.47 Å². The van der Waals surface area contributed by atoms with Gasteiger partial charge in [0, 0.05) is 25.9 Å². The highest BCUT2D eigenvalue weighted by atomic mass is 16.7. The van der Waals surface area contributed by atoms with Gasteiger partial charge in [-0.25, -0.2) is 4.79 Å². The summed E-state index contributed by atoms with van der Waals surface area (Å²) in [6, 6.07) is 4.17. The third-order valence-electron chi connectivity index (χ3n) is 4.86. The number of amides is 2. The van der Waals surface area contributed by atoms with Crippen molar-refractivity contribution in [1.82, 2.24) is 10.2 Å². The van der Waals surface area contributed by atoms with Crippen LogP contribution in [0.4, 0.5) is 4.79 Å². The molecule has 1 spiro atoms. The lowest BCUT2D eigenvalue weighted by Crippen LogP contribution is -2.50. The lowest BCUT2D eigenvalue weighted by molar-refractivity contribution is -0.181. The molecule has 2 fully saturated rings. The van der Waals surface area contributed by atoms with Gasteiger partial charge >= 0.3 is 6.03 Å². The van der Waals surface area contributed by atoms with Gasteiger partial charge in [0.25, 0.3) is 0 Å². The fraction of sp³-hybridized carbons (Fsp3) is 0.632. The number of ether oxygens (including phenoxy) is 3. The predicted octanol–water partition coefficient (Wildman–Crippen LogP) is 2.54. The zero-order valence-electron chi connectivity index (χ0n) is 15.4. The quantitative estimate of drug-likeness (QED) is 0.850. The molecule has 0 atom stereocenters. The van der Waals surface area contributed by atoms with Crippen molar-refractivity contribution in [3.63, 3.8) is 0 Å². The predicted molar refractivity (Wildman–Crippen MR) is 95.0 cm³/mol. The average Bonchev–Trinajstić information content (AvgIpc) is 3.02. The van der Waals surface area contributed by atoms with Crippen molar-refractivity contribution >= 4 is 6.03 Å². The Balaban J connectivity index is 1.40. The van der Waals surface area contributed by atoms with Gasteiger partial charge in [0.05, 0.1) is 19.8 Å². The first-order valence-corrected chi connectivity index (χ1v) is 9.00. The van der Waals surface area contributed by atoms with E-state index in [0.29, 0.717) is 39.5 Å². The number of aryl methyl sites for hydroxylation is 3. The molecule has 6 heteroatoms. The Morgan fingerprint density at radius 3 is 2.36 bits per heavy atom. The normalized spacial score (nSPS) is 19.2. The summed E-state index contributed by atoms with van der Waals surface area (Å²) in [5.74, 6) is 0.468. The number of nitrogens with one attached hydrogen (secondary N) is 1. The van der Waals surface area contributed by atoms with Crippen molar-refractivity contribution in [3.8, 4) is 5.75 Å². The van der Waals surface area contributed by atoms with E-state index < -0.39 is 5.79 Å². The van der Waals surface area contributed by atoms with E-state index in [1.165, 1.54) is 5.56 Å². The largest absolute Gasteiger partial charge is 0.491 e. The van der Waals surface area contributed by atoms with Gasteiger partial charge in [0.1, 0.15) is 12.4 Å². The van der Waals surface area contributed by atoms with Crippen molar-refractivity contribution in [3.05, 3.63) is 28.8 Å². The molecule has 0 aliphatic carbocycles. The topological polar surface area (TPSA) is 60.0 Å². The van der Waals surface area contributed by atoms with E-state index in [0.717, 1.165) is 29.7 Å². The van der Waals surface area contributed by atoms with Gasteiger partial charge in [-0.05, 0) is 31.9 Å². The molecule has 2 amide bonds. The van der Waals surface area contributed by atoms with Crippen molar-refractivity contribution in [1.29, 1.82) is 0 Å². The van der Waals surface area contributed by atoms with Gasteiger partial charge in [-0.2, -0.15) is 0 Å². The molecule has 2 aliphatic heterocycles. The van der Waals surface area contributed by atoms with E-state index in [1.807, 2.05) is 18.7 Å². The fourth-order valence-corrected chi connectivity index (χ4v) is 3.65. The molecule has 0 saturated carbocycles. The van der Waals surface area contributed by atoms with Crippen LogP contribution >= 0.6 is 0 Å². The summed E-state index contributed by atoms with van der Waals surface area (Å²) in [6.45, 7) is 9.74. The summed E-state index contributed by atoms with van der Waals surface area (Å²) < 4.78 is 17.2. The monoisotopic (exact) mass is 348 g/mol. The summed E-state index contributed by atoms with van der Waals surface area (Å²) in [6.07, 6.45) is 1.47. The molecule has 2 heterocycles. The van der Waals surface area contributed by atoms with E-state index >= 15 is 0 Å². The second-order valence-electron chi connectivity index (χ2n) is 6.90. The number of hydrogen-bond donors (Lipinski definition) is 1. The summed E-state index contributed by atoms with van der Waals surface area (Å²) >= 11 is 0. The Morgan fingerprint density at radius 2 is 1.76 bits per heavy atom. The Bertz CT molecular complexity index is 593. The zero-order valence-corrected chi connectivity index (χ0v) is 15.4. The standard InChI is InChI=1S/C19H28N2O4/c1-14-12-15(2)17(16(3)13-14)23-9-6-20-18(22)21-7-4-19(5-8-21)24-10-11-25-19/h12-13H,4-11H2,1-3H3,(H,20,22). The molecule has 3 rings (SSSR count). The van der Waals surface area contributed by atoms with Crippen LogP contribution in [0.25, 0.3) is 0 Å². The number of hydrogen-bond acceptors (Lipinski definition) is 4. The molecular weight excluding hydrogens is 320 g/mol. The number of carbonyl (C=O) groups is 1. The molecule has 2 saturated heterocycles. The molecule has 1 aromatic rings. The highest BCUT2D eigenvalue weighted by Gasteiger charge is 2.40. The minimum atomic E-state index is -0.444. The summed E-state index contributed by atoms with van der Waals surface area (Å²) in [7, 11) is 0. The maximum absolute atomic E-state index is 12.3. The maximum atomic E-state index is 12.3. The van der Waals surface area contributed by atoms with Crippen LogP contribution in [0.3, 0.4) is 0 Å². The van der Waals surface area contributed by atoms with Gasteiger partial charge in [-0.1, -0.05) is 17.7 Å². The number of rotatable bonds is 4. The Morgan fingerprint density at radius 1 is 1.16 bits per heavy atom. The first-order valence-electron chi connectivity index (χ1n) is 9.00. The number of carbonyl (C=O) groups excluding carboxylic acids is 1. The Labute approximate surface area is 149 Å². The average molecular weight is 348 g/mol. The molecule has 0 unspecified atom stereocenters.